The first-order valence-corrected chi connectivity index (χ1v) is 9.67. The van der Waals surface area contributed by atoms with E-state index in [1.165, 1.54) is 19.3 Å². The number of carbonyl (C=O) groups excluding carboxylic acids is 1. The van der Waals surface area contributed by atoms with E-state index < -0.39 is 0 Å². The average molecular weight is 331 g/mol. The van der Waals surface area contributed by atoms with Crippen molar-refractivity contribution >= 4 is 5.78 Å². The van der Waals surface area contributed by atoms with Crippen LogP contribution in [0.5, 0.6) is 0 Å². The van der Waals surface area contributed by atoms with Gasteiger partial charge in [0.1, 0.15) is 5.78 Å². The van der Waals surface area contributed by atoms with Gasteiger partial charge in [0.25, 0.3) is 0 Å². The van der Waals surface area contributed by atoms with Gasteiger partial charge in [0.05, 0.1) is 0 Å². The maximum absolute atomic E-state index is 12.4. The van der Waals surface area contributed by atoms with E-state index in [1.807, 2.05) is 0 Å². The minimum absolute atomic E-state index is 0.0237. The van der Waals surface area contributed by atoms with Gasteiger partial charge in [-0.1, -0.05) is 19.9 Å². The number of rotatable bonds is 2. The molecule has 3 saturated carbocycles. The second-order valence-corrected chi connectivity index (χ2v) is 9.34. The molecule has 3 fully saturated rings. The summed E-state index contributed by atoms with van der Waals surface area (Å²) >= 11 is 0. The van der Waals surface area contributed by atoms with Crippen molar-refractivity contribution in [3.63, 3.8) is 0 Å². The van der Waals surface area contributed by atoms with Crippen molar-refractivity contribution in [1.29, 1.82) is 0 Å². The molecule has 0 bridgehead atoms. The normalized spacial score (nSPS) is 47.4. The summed E-state index contributed by atoms with van der Waals surface area (Å²) in [6, 6.07) is 0. The molecule has 4 rings (SSSR count). The van der Waals surface area contributed by atoms with Gasteiger partial charge in [-0.25, -0.2) is 0 Å². The smallest absolute Gasteiger partial charge is 0.224 e. The van der Waals surface area contributed by atoms with Crippen LogP contribution in [0.3, 0.4) is 0 Å². The molecule has 0 aliphatic heterocycles. The summed E-state index contributed by atoms with van der Waals surface area (Å²) < 4.78 is 0. The van der Waals surface area contributed by atoms with Crippen LogP contribution in [0.25, 0.3) is 0 Å². The SMILES string of the molecule is C[C@]12CC=C(C[N+](=O)[O-])C[C@@H]1CC[C@@H]1[C@H]2CC[C@]2(C)C(=O)CC[C@@H]12. The molecule has 0 aromatic carbocycles. The Hall–Kier alpha value is -1.19. The first kappa shape index (κ1) is 16.3. The van der Waals surface area contributed by atoms with Crippen molar-refractivity contribution < 1.29 is 9.72 Å². The standard InChI is InChI=1S/C20H29NO3/c1-19-9-7-13(12-21(23)24)11-14(19)3-4-15-16-5-6-18(22)20(16,2)10-8-17(15)19/h7,14-17H,3-6,8-12H2,1-2H3/t14-,15-,16-,17+,19-,20-/m0/s1. The summed E-state index contributed by atoms with van der Waals surface area (Å²) in [6.07, 6.45) is 10.6. The van der Waals surface area contributed by atoms with Crippen molar-refractivity contribution in [2.45, 2.75) is 65.2 Å². The van der Waals surface area contributed by atoms with Crippen LogP contribution in [0, 0.1) is 44.6 Å². The van der Waals surface area contributed by atoms with Crippen LogP contribution in [0.4, 0.5) is 0 Å². The van der Waals surface area contributed by atoms with E-state index in [0.29, 0.717) is 29.5 Å². The summed E-state index contributed by atoms with van der Waals surface area (Å²) in [4.78, 5) is 23.1. The minimum Gasteiger partial charge on any atom is -0.299 e. The van der Waals surface area contributed by atoms with Gasteiger partial charge < -0.3 is 0 Å². The van der Waals surface area contributed by atoms with E-state index in [0.717, 1.165) is 37.7 Å². The molecule has 24 heavy (non-hydrogen) atoms. The Kier molecular flexibility index (Phi) is 3.67. The monoisotopic (exact) mass is 331 g/mol. The van der Waals surface area contributed by atoms with Crippen molar-refractivity contribution in [2.75, 3.05) is 6.54 Å². The Bertz CT molecular complexity index is 612. The number of fused-ring (bicyclic) bond motifs is 5. The first-order chi connectivity index (χ1) is 11.3. The van der Waals surface area contributed by atoms with Gasteiger partial charge >= 0.3 is 0 Å². The molecule has 0 saturated heterocycles. The lowest BCUT2D eigenvalue weighted by molar-refractivity contribution is -0.471. The van der Waals surface area contributed by atoms with Crippen LogP contribution in [0.1, 0.15) is 65.2 Å². The Labute approximate surface area is 144 Å². The van der Waals surface area contributed by atoms with Crippen LogP contribution in [0.2, 0.25) is 0 Å². The van der Waals surface area contributed by atoms with E-state index in [2.05, 4.69) is 19.9 Å². The molecule has 4 aliphatic rings. The fraction of sp³-hybridized carbons (Fsp3) is 0.850. The second kappa shape index (κ2) is 5.40. The second-order valence-electron chi connectivity index (χ2n) is 9.34. The van der Waals surface area contributed by atoms with Gasteiger partial charge in [0.2, 0.25) is 6.54 Å². The molecule has 0 N–H and O–H groups in total. The van der Waals surface area contributed by atoms with E-state index >= 15 is 0 Å². The number of nitrogens with zero attached hydrogens (tertiary/aromatic N) is 1. The van der Waals surface area contributed by atoms with Crippen molar-refractivity contribution in [3.05, 3.63) is 21.8 Å². The van der Waals surface area contributed by atoms with E-state index in [1.54, 1.807) is 0 Å². The third kappa shape index (κ3) is 2.21. The molecule has 0 heterocycles. The first-order valence-electron chi connectivity index (χ1n) is 9.67. The van der Waals surface area contributed by atoms with Gasteiger partial charge in [-0.05, 0) is 79.6 Å². The van der Waals surface area contributed by atoms with E-state index in [9.17, 15) is 14.9 Å². The average Bonchev–Trinajstić information content (AvgIpc) is 2.83. The lowest BCUT2D eigenvalue weighted by Gasteiger charge is -2.59. The zero-order valence-corrected chi connectivity index (χ0v) is 14.9. The topological polar surface area (TPSA) is 60.2 Å². The van der Waals surface area contributed by atoms with Crippen molar-refractivity contribution in [2.24, 2.45) is 34.5 Å². The van der Waals surface area contributed by atoms with Gasteiger partial charge in [0.15, 0.2) is 0 Å². The molecule has 4 heteroatoms. The summed E-state index contributed by atoms with van der Waals surface area (Å²) in [7, 11) is 0. The van der Waals surface area contributed by atoms with Crippen LogP contribution in [-0.4, -0.2) is 17.3 Å². The highest BCUT2D eigenvalue weighted by Gasteiger charge is 2.59. The molecule has 132 valence electrons. The molecule has 4 aliphatic carbocycles. The molecule has 0 spiro atoms. The molecule has 0 amide bonds. The number of Topliss-reactive ketones (excluding diaryl/α,β-unsaturated/α-hetero) is 1. The zero-order valence-electron chi connectivity index (χ0n) is 14.9. The number of nitro groups is 1. The number of allylic oxidation sites excluding steroid dienone is 1. The quantitative estimate of drug-likeness (QED) is 0.428. The Morgan fingerprint density at radius 3 is 2.75 bits per heavy atom. The largest absolute Gasteiger partial charge is 0.299 e. The van der Waals surface area contributed by atoms with Crippen LogP contribution in [0.15, 0.2) is 11.6 Å². The van der Waals surface area contributed by atoms with Crippen molar-refractivity contribution in [3.8, 4) is 0 Å². The zero-order chi connectivity index (χ0) is 17.1. The molecule has 0 aromatic heterocycles. The molecule has 4 nitrogen and oxygen atoms in total. The molecule has 0 radical (unpaired) electrons. The Morgan fingerprint density at radius 2 is 2.00 bits per heavy atom. The summed E-state index contributed by atoms with van der Waals surface area (Å²) in [5.41, 5.74) is 1.28. The maximum atomic E-state index is 12.4. The van der Waals surface area contributed by atoms with E-state index in [-0.39, 0.29) is 22.3 Å². The third-order valence-corrected chi connectivity index (χ3v) is 8.45. The number of carbonyl (C=O) groups is 1. The van der Waals surface area contributed by atoms with E-state index in [4.69, 9.17) is 0 Å². The minimum atomic E-state index is -0.184. The highest BCUT2D eigenvalue weighted by atomic mass is 16.6. The fourth-order valence-electron chi connectivity index (χ4n) is 7.02. The lowest BCUT2D eigenvalue weighted by Crippen LogP contribution is -2.52. The van der Waals surface area contributed by atoms with Crippen LogP contribution < -0.4 is 0 Å². The van der Waals surface area contributed by atoms with Crippen LogP contribution >= 0.6 is 0 Å². The van der Waals surface area contributed by atoms with Crippen LogP contribution in [-0.2, 0) is 4.79 Å². The molecular formula is C20H29NO3. The van der Waals surface area contributed by atoms with Crippen molar-refractivity contribution in [1.82, 2.24) is 0 Å². The maximum Gasteiger partial charge on any atom is 0.224 e. The summed E-state index contributed by atoms with van der Waals surface area (Å²) in [6.45, 7) is 4.69. The van der Waals surface area contributed by atoms with Gasteiger partial charge in [-0.3, -0.25) is 14.9 Å². The van der Waals surface area contributed by atoms with Gasteiger partial charge in [0, 0.05) is 16.8 Å². The predicted molar refractivity (Wildman–Crippen MR) is 92.1 cm³/mol. The highest BCUT2D eigenvalue weighted by Crippen LogP contribution is 2.65. The molecule has 6 atom stereocenters. The summed E-state index contributed by atoms with van der Waals surface area (Å²) in [5, 5.41) is 10.9. The van der Waals surface area contributed by atoms with Gasteiger partial charge in [-0.2, -0.15) is 0 Å². The number of hydrogen-bond donors (Lipinski definition) is 0. The molecular weight excluding hydrogens is 302 g/mol. The Balaban J connectivity index is 1.59. The highest BCUT2D eigenvalue weighted by molar-refractivity contribution is 5.87. The summed E-state index contributed by atoms with van der Waals surface area (Å²) in [5.74, 6) is 3.09. The number of ketones is 1. The Morgan fingerprint density at radius 1 is 1.21 bits per heavy atom. The lowest BCUT2D eigenvalue weighted by atomic mass is 9.45. The molecule has 0 unspecified atom stereocenters. The fourth-order valence-corrected chi connectivity index (χ4v) is 7.02. The number of hydrogen-bond acceptors (Lipinski definition) is 3. The van der Waals surface area contributed by atoms with Gasteiger partial charge in [-0.15, -0.1) is 0 Å². The molecule has 0 aromatic rings. The predicted octanol–water partition coefficient (Wildman–Crippen LogP) is 4.41. The third-order valence-electron chi connectivity index (χ3n) is 8.45.